The fraction of sp³-hybridized carbons (Fsp3) is 0.379. The van der Waals surface area contributed by atoms with Gasteiger partial charge in [0.05, 0.1) is 18.7 Å². The zero-order valence-electron chi connectivity index (χ0n) is 23.3. The van der Waals surface area contributed by atoms with Gasteiger partial charge in [-0.2, -0.15) is 0 Å². The molecule has 216 valence electrons. The van der Waals surface area contributed by atoms with Gasteiger partial charge in [-0.25, -0.2) is 4.98 Å². The summed E-state index contributed by atoms with van der Waals surface area (Å²) < 4.78 is 5.12. The highest BCUT2D eigenvalue weighted by atomic mass is 16.5. The number of aromatic nitrogens is 1. The summed E-state index contributed by atoms with van der Waals surface area (Å²) >= 11 is 0. The number of primary amides is 1. The van der Waals surface area contributed by atoms with Gasteiger partial charge in [-0.15, -0.1) is 0 Å². The molecule has 1 aromatic heterocycles. The number of carbonyl (C=O) groups excluding carboxylic acids is 3. The van der Waals surface area contributed by atoms with Crippen molar-refractivity contribution in [2.24, 2.45) is 17.6 Å². The molecular weight excluding hydrogens is 532 g/mol. The Balaban J connectivity index is 1.74. The maximum Gasteiger partial charge on any atom is 0.255 e. The molecule has 12 heteroatoms. The molecule has 1 amide bonds. The number of phenolic OH excluding ortho intramolecular Hbond substituents is 1. The topological polar surface area (TPSA) is 187 Å². The van der Waals surface area contributed by atoms with Gasteiger partial charge in [0.15, 0.2) is 11.4 Å². The number of amides is 1. The van der Waals surface area contributed by atoms with Gasteiger partial charge in [0.1, 0.15) is 22.8 Å². The standard InChI is InChI=1S/C29H32N4O8/c1-32(2)17-10-14(12-6-7-18(41-5)31-11-12)23(34)20-15(17)8-13-9-16-22(33(3)4)25(36)21(28(30)39)27(38)29(16,40)26(37)19(13)24(20)35/h6-7,10-11,13,16,22,34,36-37,40H,8-9H2,1-5H3,(H2,30,39)/t13-,16-,22-,29-/m1/s1. The number of pyridine rings is 1. The number of rotatable bonds is 5. The lowest BCUT2D eigenvalue weighted by atomic mass is 9.58. The first-order valence-electron chi connectivity index (χ1n) is 13.0. The minimum Gasteiger partial charge on any atom is -0.510 e. The third-order valence-corrected chi connectivity index (χ3v) is 8.44. The molecule has 0 bridgehead atoms. The van der Waals surface area contributed by atoms with Crippen molar-refractivity contribution in [3.63, 3.8) is 0 Å². The second-order valence-electron chi connectivity index (χ2n) is 11.1. The van der Waals surface area contributed by atoms with Crippen molar-refractivity contribution in [3.8, 4) is 22.8 Å². The molecule has 4 atom stereocenters. The van der Waals surface area contributed by atoms with Crippen LogP contribution in [0.2, 0.25) is 0 Å². The number of nitrogens with two attached hydrogens (primary N) is 1. The van der Waals surface area contributed by atoms with E-state index in [0.717, 1.165) is 0 Å². The largest absolute Gasteiger partial charge is 0.510 e. The van der Waals surface area contributed by atoms with Crippen LogP contribution in [0.25, 0.3) is 11.1 Å². The van der Waals surface area contributed by atoms with Crippen LogP contribution in [0.1, 0.15) is 22.3 Å². The van der Waals surface area contributed by atoms with Gasteiger partial charge in [-0.05, 0) is 50.6 Å². The lowest BCUT2D eigenvalue weighted by Crippen LogP contribution is -2.63. The van der Waals surface area contributed by atoms with Gasteiger partial charge in [0, 0.05) is 54.7 Å². The van der Waals surface area contributed by atoms with Gasteiger partial charge in [-0.3, -0.25) is 19.3 Å². The van der Waals surface area contributed by atoms with Gasteiger partial charge < -0.3 is 35.8 Å². The summed E-state index contributed by atoms with van der Waals surface area (Å²) in [6.45, 7) is 0. The van der Waals surface area contributed by atoms with E-state index in [2.05, 4.69) is 4.98 Å². The Morgan fingerprint density at radius 3 is 2.37 bits per heavy atom. The number of ketones is 2. The average Bonchev–Trinajstić information content (AvgIpc) is 2.90. The number of fused-ring (bicyclic) bond motifs is 3. The van der Waals surface area contributed by atoms with E-state index < -0.39 is 58.0 Å². The predicted octanol–water partition coefficient (Wildman–Crippen LogP) is 1.26. The fourth-order valence-corrected chi connectivity index (χ4v) is 6.58. The highest BCUT2D eigenvalue weighted by molar-refractivity contribution is 6.25. The van der Waals surface area contributed by atoms with Crippen LogP contribution in [0.4, 0.5) is 5.69 Å². The van der Waals surface area contributed by atoms with Gasteiger partial charge >= 0.3 is 0 Å². The van der Waals surface area contributed by atoms with Crippen LogP contribution in [-0.4, -0.2) is 94.7 Å². The molecule has 1 heterocycles. The number of likely N-dealkylation sites (N-methyl/N-ethyl adjacent to an activating group) is 1. The summed E-state index contributed by atoms with van der Waals surface area (Å²) in [6.07, 6.45) is 1.70. The Hall–Kier alpha value is -4.42. The van der Waals surface area contributed by atoms with Crippen LogP contribution in [0, 0.1) is 11.8 Å². The molecule has 2 aromatic rings. The normalized spacial score (nSPS) is 25.6. The van der Waals surface area contributed by atoms with Crippen LogP contribution in [0.5, 0.6) is 11.6 Å². The third kappa shape index (κ3) is 3.89. The lowest BCUT2D eigenvalue weighted by molar-refractivity contribution is -0.148. The molecule has 12 nitrogen and oxygen atoms in total. The van der Waals surface area contributed by atoms with E-state index in [0.29, 0.717) is 28.3 Å². The monoisotopic (exact) mass is 564 g/mol. The molecule has 0 saturated heterocycles. The summed E-state index contributed by atoms with van der Waals surface area (Å²) in [6, 6.07) is 3.99. The summed E-state index contributed by atoms with van der Waals surface area (Å²) in [5, 5.41) is 45.7. The molecule has 0 radical (unpaired) electrons. The number of hydrogen-bond donors (Lipinski definition) is 5. The number of aliphatic hydroxyl groups is 3. The van der Waals surface area contributed by atoms with Crippen molar-refractivity contribution in [2.75, 3.05) is 40.2 Å². The Morgan fingerprint density at radius 2 is 1.83 bits per heavy atom. The molecule has 0 spiro atoms. The maximum atomic E-state index is 14.1. The molecule has 5 rings (SSSR count). The number of benzene rings is 1. The van der Waals surface area contributed by atoms with Crippen molar-refractivity contribution in [2.45, 2.75) is 24.5 Å². The van der Waals surface area contributed by atoms with Crippen LogP contribution in [0.15, 0.2) is 47.1 Å². The Kier molecular flexibility index (Phi) is 6.58. The maximum absolute atomic E-state index is 14.1. The predicted molar refractivity (Wildman–Crippen MR) is 148 cm³/mol. The molecule has 41 heavy (non-hydrogen) atoms. The first-order chi connectivity index (χ1) is 19.2. The zero-order valence-corrected chi connectivity index (χ0v) is 23.3. The minimum atomic E-state index is -2.69. The molecule has 1 aromatic carbocycles. The number of nitrogens with zero attached hydrogens (tertiary/aromatic N) is 3. The van der Waals surface area contributed by atoms with Crippen LogP contribution >= 0.6 is 0 Å². The molecule has 0 aliphatic heterocycles. The molecule has 3 aliphatic rings. The second-order valence-corrected chi connectivity index (χ2v) is 11.1. The van der Waals surface area contributed by atoms with E-state index in [1.807, 2.05) is 0 Å². The SMILES string of the molecule is COc1ccc(-c2cc(N(C)C)c3c(c2O)C(=O)C2=C(O)[C@@]4(O)C(=O)C(C(N)=O)=C(O)[C@H](N(C)C)[C@H]4C[C@H]2C3)cn1. The van der Waals surface area contributed by atoms with E-state index in [4.69, 9.17) is 10.5 Å². The van der Waals surface area contributed by atoms with Crippen molar-refractivity contribution >= 4 is 23.2 Å². The highest BCUT2D eigenvalue weighted by Gasteiger charge is 2.63. The number of phenols is 1. The minimum absolute atomic E-state index is 0.0174. The van der Waals surface area contributed by atoms with E-state index in [9.17, 15) is 34.8 Å². The number of ether oxygens (including phenoxy) is 1. The number of methoxy groups -OCH3 is 1. The molecule has 0 unspecified atom stereocenters. The Labute approximate surface area is 236 Å². The number of carbonyl (C=O) groups is 3. The Bertz CT molecular complexity index is 1560. The average molecular weight is 565 g/mol. The quantitative estimate of drug-likeness (QED) is 0.329. The van der Waals surface area contributed by atoms with Crippen molar-refractivity contribution < 1.29 is 39.5 Å². The number of anilines is 1. The van der Waals surface area contributed by atoms with E-state index in [1.54, 1.807) is 51.3 Å². The fourth-order valence-electron chi connectivity index (χ4n) is 6.58. The van der Waals surface area contributed by atoms with Crippen molar-refractivity contribution in [1.82, 2.24) is 9.88 Å². The highest BCUT2D eigenvalue weighted by Crippen LogP contribution is 2.54. The van der Waals surface area contributed by atoms with Gasteiger partial charge in [-0.1, -0.05) is 0 Å². The van der Waals surface area contributed by atoms with Crippen molar-refractivity contribution in [3.05, 3.63) is 58.2 Å². The van der Waals surface area contributed by atoms with E-state index in [1.165, 1.54) is 18.2 Å². The van der Waals surface area contributed by atoms with Gasteiger partial charge in [0.25, 0.3) is 5.91 Å². The number of Topliss-reactive ketones (excluding diaryl/α,β-unsaturated/α-hetero) is 2. The van der Waals surface area contributed by atoms with Crippen LogP contribution in [-0.2, 0) is 16.0 Å². The molecule has 3 aliphatic carbocycles. The molecule has 0 fully saturated rings. The van der Waals surface area contributed by atoms with Crippen LogP contribution < -0.4 is 15.4 Å². The first kappa shape index (κ1) is 28.1. The number of aliphatic hydroxyl groups excluding tert-OH is 2. The van der Waals surface area contributed by atoms with Crippen molar-refractivity contribution in [1.29, 1.82) is 0 Å². The lowest BCUT2D eigenvalue weighted by Gasteiger charge is -2.50. The molecular formula is C29H32N4O8. The Morgan fingerprint density at radius 1 is 1.15 bits per heavy atom. The summed E-state index contributed by atoms with van der Waals surface area (Å²) in [7, 11) is 8.25. The second kappa shape index (κ2) is 9.60. The van der Waals surface area contributed by atoms with E-state index in [-0.39, 0.29) is 29.7 Å². The summed E-state index contributed by atoms with van der Waals surface area (Å²) in [4.78, 5) is 47.3. The number of allylic oxidation sites excluding steroid dienone is 1. The van der Waals surface area contributed by atoms with Gasteiger partial charge in [0.2, 0.25) is 11.7 Å². The third-order valence-electron chi connectivity index (χ3n) is 8.44. The zero-order chi connectivity index (χ0) is 30.1. The van der Waals surface area contributed by atoms with E-state index >= 15 is 0 Å². The number of hydrogen-bond acceptors (Lipinski definition) is 11. The molecule has 6 N–H and O–H groups in total. The first-order valence-corrected chi connectivity index (χ1v) is 13.0. The summed E-state index contributed by atoms with van der Waals surface area (Å²) in [5.41, 5.74) is 3.59. The summed E-state index contributed by atoms with van der Waals surface area (Å²) in [5.74, 6) is -6.53. The van der Waals surface area contributed by atoms with Crippen LogP contribution in [0.3, 0.4) is 0 Å². The smallest absolute Gasteiger partial charge is 0.255 e. The molecule has 0 saturated carbocycles. The number of aromatic hydroxyl groups is 1.